The van der Waals surface area contributed by atoms with Crippen molar-refractivity contribution < 1.29 is 0 Å². The number of likely N-dealkylation sites (N-methyl/N-ethyl adjacent to an activating group) is 1. The van der Waals surface area contributed by atoms with Gasteiger partial charge in [0.1, 0.15) is 0 Å². The second-order valence-electron chi connectivity index (χ2n) is 4.01. The van der Waals surface area contributed by atoms with Crippen LogP contribution in [-0.2, 0) is 6.42 Å². The topological polar surface area (TPSA) is 67.9 Å². The molecule has 0 radical (unpaired) electrons. The molecule has 18 heavy (non-hydrogen) atoms. The van der Waals surface area contributed by atoms with E-state index < -0.39 is 0 Å². The average molecular weight is 284 g/mol. The minimum absolute atomic E-state index is 0.118. The molecule has 0 aliphatic carbocycles. The summed E-state index contributed by atoms with van der Waals surface area (Å²) in [6, 6.07) is 4.41. The Labute approximate surface area is 115 Å². The number of hydrogen-bond acceptors (Lipinski definition) is 6. The van der Waals surface area contributed by atoms with E-state index in [9.17, 15) is 0 Å². The van der Waals surface area contributed by atoms with Gasteiger partial charge in [0.05, 0.1) is 0 Å². The quantitative estimate of drug-likeness (QED) is 0.932. The highest BCUT2D eigenvalue weighted by molar-refractivity contribution is 7.09. The number of aromatic nitrogens is 3. The van der Waals surface area contributed by atoms with Gasteiger partial charge in [0, 0.05) is 24.4 Å². The summed E-state index contributed by atoms with van der Waals surface area (Å²) in [6.45, 7) is 2.10. The molecule has 0 aliphatic heterocycles. The first kappa shape index (κ1) is 13.0. The molecular formula is C11H14ClN5S. The Morgan fingerprint density at radius 3 is 2.83 bits per heavy atom. The summed E-state index contributed by atoms with van der Waals surface area (Å²) in [5, 5.41) is 2.19. The number of hydrogen-bond donors (Lipinski definition) is 1. The van der Waals surface area contributed by atoms with Crippen LogP contribution in [0, 0.1) is 0 Å². The molecule has 5 nitrogen and oxygen atoms in total. The minimum atomic E-state index is 0.118. The minimum Gasteiger partial charge on any atom is -0.368 e. The maximum atomic E-state index is 5.77. The molecule has 0 spiro atoms. The van der Waals surface area contributed by atoms with Crippen LogP contribution in [0.3, 0.4) is 0 Å². The third kappa shape index (κ3) is 3.08. The molecule has 0 saturated heterocycles. The van der Waals surface area contributed by atoms with E-state index >= 15 is 0 Å². The Balaban J connectivity index is 2.12. The van der Waals surface area contributed by atoms with Crippen LogP contribution in [0.25, 0.3) is 0 Å². The van der Waals surface area contributed by atoms with Crippen LogP contribution in [0.15, 0.2) is 17.5 Å². The van der Waals surface area contributed by atoms with Gasteiger partial charge in [0.25, 0.3) is 0 Å². The van der Waals surface area contributed by atoms with Crippen molar-refractivity contribution in [3.05, 3.63) is 27.7 Å². The van der Waals surface area contributed by atoms with Crippen LogP contribution in [0.5, 0.6) is 0 Å². The molecule has 2 heterocycles. The number of anilines is 2. The first-order chi connectivity index (χ1) is 8.56. The number of nitrogens with two attached hydrogens (primary N) is 1. The van der Waals surface area contributed by atoms with Gasteiger partial charge in [-0.3, -0.25) is 0 Å². The van der Waals surface area contributed by atoms with Crippen LogP contribution in [0.2, 0.25) is 5.28 Å². The Bertz CT molecular complexity index is 496. The predicted octanol–water partition coefficient (Wildman–Crippen LogP) is 2.24. The highest BCUT2D eigenvalue weighted by Gasteiger charge is 2.15. The van der Waals surface area contributed by atoms with Crippen molar-refractivity contribution >= 4 is 34.8 Å². The lowest BCUT2D eigenvalue weighted by Gasteiger charge is -2.24. The number of nitrogen functional groups attached to an aromatic ring is 1. The molecule has 2 rings (SSSR count). The van der Waals surface area contributed by atoms with Gasteiger partial charge in [0.15, 0.2) is 0 Å². The van der Waals surface area contributed by atoms with Gasteiger partial charge in [-0.2, -0.15) is 15.0 Å². The Morgan fingerprint density at radius 1 is 1.44 bits per heavy atom. The Hall–Kier alpha value is -1.40. The molecule has 0 aromatic carbocycles. The molecule has 0 bridgehead atoms. The van der Waals surface area contributed by atoms with Gasteiger partial charge in [-0.25, -0.2) is 0 Å². The van der Waals surface area contributed by atoms with E-state index in [0.29, 0.717) is 5.95 Å². The summed E-state index contributed by atoms with van der Waals surface area (Å²) >= 11 is 7.51. The smallest absolute Gasteiger partial charge is 0.231 e. The van der Waals surface area contributed by atoms with Gasteiger partial charge >= 0.3 is 0 Å². The van der Waals surface area contributed by atoms with E-state index in [4.69, 9.17) is 17.3 Å². The van der Waals surface area contributed by atoms with Crippen molar-refractivity contribution in [3.63, 3.8) is 0 Å². The van der Waals surface area contributed by atoms with E-state index in [0.717, 1.165) is 6.42 Å². The van der Waals surface area contributed by atoms with Gasteiger partial charge in [0.2, 0.25) is 17.2 Å². The third-order valence-corrected chi connectivity index (χ3v) is 3.73. The molecule has 2 aromatic rings. The lowest BCUT2D eigenvalue weighted by Crippen LogP contribution is -2.32. The standard InChI is InChI=1S/C11H14ClN5S/c1-7(6-8-4-3-5-18-8)17(2)11-15-9(12)14-10(13)16-11/h3-5,7H,6H2,1-2H3,(H2,13,14,15,16). The normalized spacial score (nSPS) is 12.4. The van der Waals surface area contributed by atoms with E-state index in [1.165, 1.54) is 4.88 Å². The molecule has 2 aromatic heterocycles. The van der Waals surface area contributed by atoms with Gasteiger partial charge in [-0.15, -0.1) is 11.3 Å². The number of thiophene rings is 1. The van der Waals surface area contributed by atoms with Crippen molar-refractivity contribution in [1.29, 1.82) is 0 Å². The Kier molecular flexibility index (Phi) is 3.98. The van der Waals surface area contributed by atoms with Gasteiger partial charge < -0.3 is 10.6 Å². The lowest BCUT2D eigenvalue weighted by molar-refractivity contribution is 0.669. The van der Waals surface area contributed by atoms with E-state index in [1.807, 2.05) is 18.0 Å². The largest absolute Gasteiger partial charge is 0.368 e. The summed E-state index contributed by atoms with van der Waals surface area (Å²) in [6.07, 6.45) is 0.928. The summed E-state index contributed by atoms with van der Waals surface area (Å²) in [4.78, 5) is 15.2. The monoisotopic (exact) mass is 283 g/mol. The van der Waals surface area contributed by atoms with Crippen molar-refractivity contribution in [1.82, 2.24) is 15.0 Å². The van der Waals surface area contributed by atoms with Crippen molar-refractivity contribution in [2.24, 2.45) is 0 Å². The second kappa shape index (κ2) is 5.49. The zero-order chi connectivity index (χ0) is 13.1. The number of halogens is 1. The zero-order valence-electron chi connectivity index (χ0n) is 10.2. The van der Waals surface area contributed by atoms with E-state index in [2.05, 4.69) is 33.3 Å². The fraction of sp³-hybridized carbons (Fsp3) is 0.364. The van der Waals surface area contributed by atoms with Crippen LogP contribution in [-0.4, -0.2) is 28.0 Å². The van der Waals surface area contributed by atoms with Crippen LogP contribution in [0.1, 0.15) is 11.8 Å². The summed E-state index contributed by atoms with van der Waals surface area (Å²) in [5.74, 6) is 0.636. The molecule has 96 valence electrons. The summed E-state index contributed by atoms with van der Waals surface area (Å²) in [7, 11) is 1.92. The summed E-state index contributed by atoms with van der Waals surface area (Å²) < 4.78 is 0. The lowest BCUT2D eigenvalue weighted by atomic mass is 10.2. The molecular weight excluding hydrogens is 270 g/mol. The average Bonchev–Trinajstić information content (AvgIpc) is 2.79. The highest BCUT2D eigenvalue weighted by atomic mass is 35.5. The summed E-state index contributed by atoms with van der Waals surface area (Å²) in [5.41, 5.74) is 5.56. The fourth-order valence-electron chi connectivity index (χ4n) is 1.57. The molecule has 0 amide bonds. The van der Waals surface area contributed by atoms with Crippen LogP contribution >= 0.6 is 22.9 Å². The first-order valence-corrected chi connectivity index (χ1v) is 6.74. The van der Waals surface area contributed by atoms with Crippen molar-refractivity contribution in [3.8, 4) is 0 Å². The SMILES string of the molecule is CC(Cc1cccs1)N(C)c1nc(N)nc(Cl)n1. The molecule has 0 saturated carbocycles. The fourth-order valence-corrected chi connectivity index (χ4v) is 2.55. The van der Waals surface area contributed by atoms with Crippen LogP contribution in [0.4, 0.5) is 11.9 Å². The third-order valence-electron chi connectivity index (χ3n) is 2.67. The van der Waals surface area contributed by atoms with E-state index in [1.54, 1.807) is 11.3 Å². The predicted molar refractivity (Wildman–Crippen MR) is 75.1 cm³/mol. The zero-order valence-corrected chi connectivity index (χ0v) is 11.7. The molecule has 7 heteroatoms. The maximum Gasteiger partial charge on any atom is 0.231 e. The molecule has 0 fully saturated rings. The Morgan fingerprint density at radius 2 is 2.22 bits per heavy atom. The second-order valence-corrected chi connectivity index (χ2v) is 5.38. The molecule has 2 N–H and O–H groups in total. The molecule has 1 unspecified atom stereocenters. The maximum absolute atomic E-state index is 5.77. The van der Waals surface area contributed by atoms with Gasteiger partial charge in [-0.1, -0.05) is 6.07 Å². The highest BCUT2D eigenvalue weighted by Crippen LogP contribution is 2.17. The van der Waals surface area contributed by atoms with Gasteiger partial charge in [-0.05, 0) is 30.0 Å². The van der Waals surface area contributed by atoms with Crippen LogP contribution < -0.4 is 10.6 Å². The molecule has 0 aliphatic rings. The number of nitrogens with zero attached hydrogens (tertiary/aromatic N) is 4. The molecule has 1 atom stereocenters. The number of rotatable bonds is 4. The van der Waals surface area contributed by atoms with Crippen molar-refractivity contribution in [2.45, 2.75) is 19.4 Å². The first-order valence-electron chi connectivity index (χ1n) is 5.48. The van der Waals surface area contributed by atoms with Crippen molar-refractivity contribution in [2.75, 3.05) is 17.7 Å². The van der Waals surface area contributed by atoms with E-state index in [-0.39, 0.29) is 17.3 Å².